The van der Waals surface area contributed by atoms with Gasteiger partial charge in [0.2, 0.25) is 5.91 Å². The fraction of sp³-hybridized carbons (Fsp3) is 0.857. The van der Waals surface area contributed by atoms with E-state index < -0.39 is 11.4 Å². The van der Waals surface area contributed by atoms with Gasteiger partial charge in [-0.2, -0.15) is 0 Å². The third-order valence-corrected chi connectivity index (χ3v) is 4.91. The van der Waals surface area contributed by atoms with Crippen LogP contribution < -0.4 is 0 Å². The molecule has 0 aromatic heterocycles. The Morgan fingerprint density at radius 2 is 2.20 bits per heavy atom. The highest BCUT2D eigenvalue weighted by molar-refractivity contribution is 5.81. The molecule has 0 aromatic carbocycles. The van der Waals surface area contributed by atoms with Crippen molar-refractivity contribution in [2.24, 2.45) is 11.3 Å². The number of hydrogen-bond donors (Lipinski definition) is 1. The highest BCUT2D eigenvalue weighted by Gasteiger charge is 2.54. The van der Waals surface area contributed by atoms with E-state index in [2.05, 4.69) is 0 Å². The molecule has 0 radical (unpaired) electrons. The van der Waals surface area contributed by atoms with Gasteiger partial charge in [-0.3, -0.25) is 9.59 Å². The van der Waals surface area contributed by atoms with Crippen molar-refractivity contribution < 1.29 is 24.2 Å². The largest absolute Gasteiger partial charge is 0.481 e. The maximum atomic E-state index is 12.3. The normalized spacial score (nSPS) is 36.9. The van der Waals surface area contributed by atoms with Crippen LogP contribution in [-0.2, 0) is 19.1 Å². The van der Waals surface area contributed by atoms with Crippen molar-refractivity contribution in [3.63, 3.8) is 0 Å². The first-order chi connectivity index (χ1) is 9.62. The van der Waals surface area contributed by atoms with Crippen LogP contribution in [0.4, 0.5) is 0 Å². The van der Waals surface area contributed by atoms with Crippen molar-refractivity contribution in [2.75, 3.05) is 32.9 Å². The van der Waals surface area contributed by atoms with Gasteiger partial charge in [0.1, 0.15) is 0 Å². The Bertz CT molecular complexity index is 406. The van der Waals surface area contributed by atoms with E-state index in [0.717, 1.165) is 19.4 Å². The van der Waals surface area contributed by atoms with Crippen LogP contribution in [0.15, 0.2) is 0 Å². The molecule has 20 heavy (non-hydrogen) atoms. The monoisotopic (exact) mass is 283 g/mol. The molecule has 6 nitrogen and oxygen atoms in total. The van der Waals surface area contributed by atoms with Crippen LogP contribution in [0.3, 0.4) is 0 Å². The number of likely N-dealkylation sites (tertiary alicyclic amines) is 1. The number of carbonyl (C=O) groups excluding carboxylic acids is 1. The lowest BCUT2D eigenvalue weighted by molar-refractivity contribution is -0.157. The lowest BCUT2D eigenvalue weighted by Crippen LogP contribution is -2.45. The number of carbonyl (C=O) groups is 2. The van der Waals surface area contributed by atoms with E-state index in [-0.39, 0.29) is 17.9 Å². The second kappa shape index (κ2) is 5.33. The highest BCUT2D eigenvalue weighted by Crippen LogP contribution is 2.42. The smallest absolute Gasteiger partial charge is 0.311 e. The molecule has 3 rings (SSSR count). The standard InChI is InChI=1S/C14H21NO5/c16-12(6-11-2-1-4-20-11)15-7-10-8-19-5-3-14(10,9-15)13(17)18/h10-11H,1-9H2,(H,17,18)/t10-,11?,14+/m0/s1. The zero-order chi connectivity index (χ0) is 14.2. The van der Waals surface area contributed by atoms with Crippen molar-refractivity contribution in [3.8, 4) is 0 Å². The summed E-state index contributed by atoms with van der Waals surface area (Å²) in [6.45, 7) is 2.46. The van der Waals surface area contributed by atoms with Crippen LogP contribution in [0, 0.1) is 11.3 Å². The summed E-state index contributed by atoms with van der Waals surface area (Å²) in [5, 5.41) is 9.56. The summed E-state index contributed by atoms with van der Waals surface area (Å²) < 4.78 is 10.9. The molecule has 3 saturated heterocycles. The van der Waals surface area contributed by atoms with Crippen molar-refractivity contribution in [1.29, 1.82) is 0 Å². The Morgan fingerprint density at radius 1 is 1.35 bits per heavy atom. The molecule has 0 aliphatic carbocycles. The van der Waals surface area contributed by atoms with Gasteiger partial charge >= 0.3 is 5.97 Å². The first-order valence-electron chi connectivity index (χ1n) is 7.32. The highest BCUT2D eigenvalue weighted by atomic mass is 16.5. The molecule has 0 saturated carbocycles. The summed E-state index contributed by atoms with van der Waals surface area (Å²) >= 11 is 0. The van der Waals surface area contributed by atoms with Crippen LogP contribution in [-0.4, -0.2) is 60.9 Å². The summed E-state index contributed by atoms with van der Waals surface area (Å²) in [6, 6.07) is 0. The van der Waals surface area contributed by atoms with Gasteiger partial charge in [-0.15, -0.1) is 0 Å². The average Bonchev–Trinajstić information content (AvgIpc) is 3.05. The fourth-order valence-corrected chi connectivity index (χ4v) is 3.62. The minimum absolute atomic E-state index is 0.0159. The van der Waals surface area contributed by atoms with Gasteiger partial charge in [0.15, 0.2) is 0 Å². The molecule has 1 amide bonds. The van der Waals surface area contributed by atoms with Crippen molar-refractivity contribution in [3.05, 3.63) is 0 Å². The number of rotatable bonds is 3. The number of carboxylic acid groups (broad SMARTS) is 1. The van der Waals surface area contributed by atoms with Crippen molar-refractivity contribution in [2.45, 2.75) is 31.8 Å². The Balaban J connectivity index is 1.67. The minimum atomic E-state index is -0.801. The van der Waals surface area contributed by atoms with E-state index in [1.165, 1.54) is 0 Å². The van der Waals surface area contributed by atoms with Crippen LogP contribution in [0.1, 0.15) is 25.7 Å². The number of ether oxygens (including phenoxy) is 2. The zero-order valence-corrected chi connectivity index (χ0v) is 11.5. The number of nitrogens with zero attached hydrogens (tertiary/aromatic N) is 1. The Morgan fingerprint density at radius 3 is 2.85 bits per heavy atom. The van der Waals surface area contributed by atoms with E-state index >= 15 is 0 Å². The van der Waals surface area contributed by atoms with E-state index in [9.17, 15) is 14.7 Å². The fourth-order valence-electron chi connectivity index (χ4n) is 3.62. The van der Waals surface area contributed by atoms with Gasteiger partial charge in [0, 0.05) is 32.2 Å². The molecule has 112 valence electrons. The predicted molar refractivity (Wildman–Crippen MR) is 69.2 cm³/mol. The van der Waals surface area contributed by atoms with E-state index in [0.29, 0.717) is 39.1 Å². The summed E-state index contributed by atoms with van der Waals surface area (Å²) in [6.07, 6.45) is 2.83. The number of amides is 1. The predicted octanol–water partition coefficient (Wildman–Crippen LogP) is 0.505. The molecular weight excluding hydrogens is 262 g/mol. The van der Waals surface area contributed by atoms with E-state index in [1.54, 1.807) is 4.90 Å². The first kappa shape index (κ1) is 13.8. The number of carboxylic acids is 1. The molecule has 3 heterocycles. The van der Waals surface area contributed by atoms with Gasteiger partial charge in [-0.25, -0.2) is 0 Å². The lowest BCUT2D eigenvalue weighted by Gasteiger charge is -2.33. The molecule has 0 bridgehead atoms. The van der Waals surface area contributed by atoms with Gasteiger partial charge in [0.25, 0.3) is 0 Å². The number of hydrogen-bond acceptors (Lipinski definition) is 4. The molecule has 3 aliphatic rings. The summed E-state index contributed by atoms with van der Waals surface area (Å²) in [5.74, 6) is -0.854. The molecule has 6 heteroatoms. The van der Waals surface area contributed by atoms with Gasteiger partial charge in [0.05, 0.1) is 24.5 Å². The SMILES string of the molecule is O=C(CC1CCCO1)N1C[C@H]2COCC[C@@]2(C(=O)O)C1. The minimum Gasteiger partial charge on any atom is -0.481 e. The van der Waals surface area contributed by atoms with Gasteiger partial charge in [-0.05, 0) is 19.3 Å². The van der Waals surface area contributed by atoms with Crippen molar-refractivity contribution >= 4 is 11.9 Å². The molecule has 1 N–H and O–H groups in total. The maximum absolute atomic E-state index is 12.3. The second-order valence-electron chi connectivity index (χ2n) is 6.10. The third-order valence-electron chi connectivity index (χ3n) is 4.91. The summed E-state index contributed by atoms with van der Waals surface area (Å²) in [4.78, 5) is 25.7. The second-order valence-corrected chi connectivity index (χ2v) is 6.10. The molecule has 0 aromatic rings. The van der Waals surface area contributed by atoms with Gasteiger partial charge < -0.3 is 19.5 Å². The zero-order valence-electron chi connectivity index (χ0n) is 11.5. The third kappa shape index (κ3) is 2.31. The number of aliphatic carboxylic acids is 1. The quantitative estimate of drug-likeness (QED) is 0.816. The van der Waals surface area contributed by atoms with Crippen LogP contribution in [0.2, 0.25) is 0 Å². The Kier molecular flexibility index (Phi) is 3.69. The molecule has 0 spiro atoms. The van der Waals surface area contributed by atoms with Crippen LogP contribution in [0.25, 0.3) is 0 Å². The van der Waals surface area contributed by atoms with Crippen molar-refractivity contribution in [1.82, 2.24) is 4.90 Å². The number of fused-ring (bicyclic) bond motifs is 1. The molecule has 1 unspecified atom stereocenters. The molecular formula is C14H21NO5. The molecule has 3 aliphatic heterocycles. The Hall–Kier alpha value is -1.14. The topological polar surface area (TPSA) is 76.1 Å². The first-order valence-corrected chi connectivity index (χ1v) is 7.32. The van der Waals surface area contributed by atoms with E-state index in [1.807, 2.05) is 0 Å². The molecule has 3 atom stereocenters. The average molecular weight is 283 g/mol. The van der Waals surface area contributed by atoms with E-state index in [4.69, 9.17) is 9.47 Å². The summed E-state index contributed by atoms with van der Waals surface area (Å²) in [7, 11) is 0. The maximum Gasteiger partial charge on any atom is 0.311 e. The van der Waals surface area contributed by atoms with Crippen LogP contribution in [0.5, 0.6) is 0 Å². The van der Waals surface area contributed by atoms with Crippen LogP contribution >= 0.6 is 0 Å². The summed E-state index contributed by atoms with van der Waals surface area (Å²) in [5.41, 5.74) is -0.801. The lowest BCUT2D eigenvalue weighted by atomic mass is 9.74. The molecule has 3 fully saturated rings. The van der Waals surface area contributed by atoms with Gasteiger partial charge in [-0.1, -0.05) is 0 Å². The Labute approximate surface area is 118 Å².